The van der Waals surface area contributed by atoms with E-state index in [9.17, 15) is 17.6 Å². The maximum Gasteiger partial charge on any atom is 0.417 e. The van der Waals surface area contributed by atoms with E-state index in [0.717, 1.165) is 17.8 Å². The molecule has 4 nitrogen and oxygen atoms in total. The Balaban J connectivity index is 1.84. The summed E-state index contributed by atoms with van der Waals surface area (Å²) in [4.78, 5) is 12.7. The summed E-state index contributed by atoms with van der Waals surface area (Å²) in [7, 11) is 0. The van der Waals surface area contributed by atoms with Gasteiger partial charge in [0.25, 0.3) is 0 Å². The van der Waals surface area contributed by atoms with Crippen LogP contribution in [0.3, 0.4) is 0 Å². The number of alkyl halides is 3. The molecule has 0 saturated heterocycles. The zero-order chi connectivity index (χ0) is 20.4. The number of fused-ring (bicyclic) bond motifs is 1. The molecule has 0 spiro atoms. The van der Waals surface area contributed by atoms with Crippen molar-refractivity contribution in [3.8, 4) is 11.4 Å². The van der Waals surface area contributed by atoms with Gasteiger partial charge in [0.1, 0.15) is 11.6 Å². The minimum atomic E-state index is -4.67. The van der Waals surface area contributed by atoms with E-state index in [4.69, 9.17) is 0 Å². The van der Waals surface area contributed by atoms with Crippen molar-refractivity contribution < 1.29 is 17.6 Å². The highest BCUT2D eigenvalue weighted by Gasteiger charge is 2.34. The van der Waals surface area contributed by atoms with Gasteiger partial charge in [0, 0.05) is 17.1 Å². The molecule has 1 N–H and O–H groups in total. The molecule has 0 unspecified atom stereocenters. The molecule has 2 aromatic carbocycles. The molecule has 29 heavy (non-hydrogen) atoms. The number of hydrogen-bond donors (Lipinski definition) is 1. The van der Waals surface area contributed by atoms with Gasteiger partial charge in [0.2, 0.25) is 0 Å². The van der Waals surface area contributed by atoms with Crippen LogP contribution in [0.25, 0.3) is 22.3 Å². The third-order valence-electron chi connectivity index (χ3n) is 4.29. The van der Waals surface area contributed by atoms with Gasteiger partial charge in [0.15, 0.2) is 5.82 Å². The fourth-order valence-corrected chi connectivity index (χ4v) is 2.96. The summed E-state index contributed by atoms with van der Waals surface area (Å²) >= 11 is 0. The molecule has 4 aromatic rings. The number of halogens is 4. The van der Waals surface area contributed by atoms with Gasteiger partial charge in [-0.05, 0) is 42.5 Å². The van der Waals surface area contributed by atoms with Gasteiger partial charge in [-0.2, -0.15) is 13.2 Å². The largest absolute Gasteiger partial charge is 0.417 e. The second kappa shape index (κ2) is 7.46. The average Bonchev–Trinajstić information content (AvgIpc) is 2.71. The second-order valence-corrected chi connectivity index (χ2v) is 6.28. The number of aromatic nitrogens is 3. The molecule has 0 radical (unpaired) electrons. The van der Waals surface area contributed by atoms with Gasteiger partial charge in [-0.1, -0.05) is 18.2 Å². The van der Waals surface area contributed by atoms with Crippen LogP contribution in [0.2, 0.25) is 0 Å². The number of nitrogens with one attached hydrogen (secondary N) is 1. The molecule has 2 heterocycles. The summed E-state index contributed by atoms with van der Waals surface area (Å²) in [6, 6.07) is 14.6. The van der Waals surface area contributed by atoms with Crippen LogP contribution in [0, 0.1) is 5.82 Å². The van der Waals surface area contributed by atoms with E-state index >= 15 is 0 Å². The first-order valence-corrected chi connectivity index (χ1v) is 8.69. The second-order valence-electron chi connectivity index (χ2n) is 6.28. The minimum absolute atomic E-state index is 0.209. The first kappa shape index (κ1) is 18.8. The lowest BCUT2D eigenvalue weighted by Crippen LogP contribution is -2.10. The van der Waals surface area contributed by atoms with Crippen molar-refractivity contribution in [2.45, 2.75) is 12.7 Å². The van der Waals surface area contributed by atoms with Crippen molar-refractivity contribution >= 4 is 16.7 Å². The molecule has 0 amide bonds. The van der Waals surface area contributed by atoms with Gasteiger partial charge in [-0.3, -0.25) is 4.98 Å². The van der Waals surface area contributed by atoms with Crippen molar-refractivity contribution in [1.29, 1.82) is 0 Å². The number of rotatable bonds is 4. The molecule has 8 heteroatoms. The van der Waals surface area contributed by atoms with Crippen molar-refractivity contribution in [2.75, 3.05) is 5.32 Å². The molecule has 0 aliphatic rings. The van der Waals surface area contributed by atoms with E-state index in [0.29, 0.717) is 29.3 Å². The van der Waals surface area contributed by atoms with E-state index in [1.807, 2.05) is 12.1 Å². The highest BCUT2D eigenvalue weighted by atomic mass is 19.4. The Morgan fingerprint density at radius 3 is 2.45 bits per heavy atom. The molecule has 0 bridgehead atoms. The fraction of sp³-hybridized carbons (Fsp3) is 0.0952. The summed E-state index contributed by atoms with van der Waals surface area (Å²) in [6.07, 6.45) is -3.03. The molecule has 2 aromatic heterocycles. The Kier molecular flexibility index (Phi) is 4.84. The number of benzene rings is 2. The lowest BCUT2D eigenvalue weighted by molar-refractivity contribution is -0.137. The predicted molar refractivity (Wildman–Crippen MR) is 101 cm³/mol. The smallest absolute Gasteiger partial charge is 0.364 e. The van der Waals surface area contributed by atoms with Gasteiger partial charge < -0.3 is 5.32 Å². The molecular weight excluding hydrogens is 384 g/mol. The lowest BCUT2D eigenvalue weighted by Gasteiger charge is -2.14. The summed E-state index contributed by atoms with van der Waals surface area (Å²) < 4.78 is 54.1. The number of anilines is 1. The molecule has 4 rings (SSSR count). The Bertz CT molecular complexity index is 1160. The van der Waals surface area contributed by atoms with Crippen molar-refractivity contribution in [3.05, 3.63) is 83.9 Å². The van der Waals surface area contributed by atoms with Crippen molar-refractivity contribution in [2.24, 2.45) is 0 Å². The number of hydrogen-bond acceptors (Lipinski definition) is 4. The Morgan fingerprint density at radius 2 is 1.69 bits per heavy atom. The standard InChI is InChI=1S/C21H14F4N4/c22-13-8-9-17(21(23,24)25)16(11-13)20-28-18-7-2-1-6-15(18)19(29-20)27-12-14-5-3-4-10-26-14/h1-11H,12H2,(H,27,28,29). The normalized spacial score (nSPS) is 11.6. The van der Waals surface area contributed by atoms with Crippen LogP contribution < -0.4 is 5.32 Å². The summed E-state index contributed by atoms with van der Waals surface area (Å²) in [5, 5.41) is 3.73. The summed E-state index contributed by atoms with van der Waals surface area (Å²) in [5.41, 5.74) is -0.231. The fourth-order valence-electron chi connectivity index (χ4n) is 2.96. The zero-order valence-electron chi connectivity index (χ0n) is 14.9. The van der Waals surface area contributed by atoms with Gasteiger partial charge in [0.05, 0.1) is 23.3 Å². The van der Waals surface area contributed by atoms with E-state index < -0.39 is 23.1 Å². The molecule has 0 aliphatic heterocycles. The first-order valence-electron chi connectivity index (χ1n) is 8.69. The van der Waals surface area contributed by atoms with E-state index in [1.54, 1.807) is 36.5 Å². The van der Waals surface area contributed by atoms with Crippen LogP contribution in [0.15, 0.2) is 66.9 Å². The molecule has 0 atom stereocenters. The highest BCUT2D eigenvalue weighted by Crippen LogP contribution is 2.37. The molecule has 0 aliphatic carbocycles. The number of pyridine rings is 1. The van der Waals surface area contributed by atoms with Crippen LogP contribution in [0.4, 0.5) is 23.4 Å². The van der Waals surface area contributed by atoms with Gasteiger partial charge >= 0.3 is 6.18 Å². The van der Waals surface area contributed by atoms with Crippen LogP contribution in [-0.2, 0) is 12.7 Å². The third-order valence-corrected chi connectivity index (χ3v) is 4.29. The predicted octanol–water partition coefficient (Wildman–Crippen LogP) is 5.46. The van der Waals surface area contributed by atoms with Gasteiger partial charge in [-0.15, -0.1) is 0 Å². The lowest BCUT2D eigenvalue weighted by atomic mass is 10.1. The molecule has 146 valence electrons. The van der Waals surface area contributed by atoms with Crippen LogP contribution in [0.5, 0.6) is 0 Å². The molecule has 0 fully saturated rings. The highest BCUT2D eigenvalue weighted by molar-refractivity contribution is 5.90. The SMILES string of the molecule is Fc1ccc(C(F)(F)F)c(-c2nc(NCc3ccccn3)c3ccccc3n2)c1. The maximum atomic E-state index is 13.8. The van der Waals surface area contributed by atoms with Crippen LogP contribution in [-0.4, -0.2) is 15.0 Å². The summed E-state index contributed by atoms with van der Waals surface area (Å²) in [5.74, 6) is -0.666. The Hall–Kier alpha value is -3.55. The quantitative estimate of drug-likeness (QED) is 0.464. The first-order chi connectivity index (χ1) is 13.9. The van der Waals surface area contributed by atoms with E-state index in [2.05, 4.69) is 20.3 Å². The average molecular weight is 398 g/mol. The Morgan fingerprint density at radius 1 is 0.897 bits per heavy atom. The van der Waals surface area contributed by atoms with E-state index in [-0.39, 0.29) is 5.82 Å². The van der Waals surface area contributed by atoms with Crippen LogP contribution in [0.1, 0.15) is 11.3 Å². The topological polar surface area (TPSA) is 50.7 Å². The summed E-state index contributed by atoms with van der Waals surface area (Å²) in [6.45, 7) is 0.316. The maximum absolute atomic E-state index is 13.8. The van der Waals surface area contributed by atoms with Gasteiger partial charge in [-0.25, -0.2) is 14.4 Å². The minimum Gasteiger partial charge on any atom is -0.364 e. The molecule has 0 saturated carbocycles. The van der Waals surface area contributed by atoms with Crippen molar-refractivity contribution in [3.63, 3.8) is 0 Å². The van der Waals surface area contributed by atoms with E-state index in [1.165, 1.54) is 0 Å². The number of para-hydroxylation sites is 1. The third kappa shape index (κ3) is 4.01. The van der Waals surface area contributed by atoms with Crippen LogP contribution >= 0.6 is 0 Å². The zero-order valence-corrected chi connectivity index (χ0v) is 14.9. The number of nitrogens with zero attached hydrogens (tertiary/aromatic N) is 3. The Labute approximate surface area is 163 Å². The monoisotopic (exact) mass is 398 g/mol. The molecular formula is C21H14F4N4. The van der Waals surface area contributed by atoms with Crippen molar-refractivity contribution in [1.82, 2.24) is 15.0 Å².